The lowest BCUT2D eigenvalue weighted by Crippen LogP contribution is -1.96. The van der Waals surface area contributed by atoms with Crippen LogP contribution in [0.25, 0.3) is 10.9 Å². The molecule has 0 atom stereocenters. The summed E-state index contributed by atoms with van der Waals surface area (Å²) in [7, 11) is 0. The number of para-hydroxylation sites is 1. The molecule has 22 heavy (non-hydrogen) atoms. The van der Waals surface area contributed by atoms with Crippen molar-refractivity contribution in [2.75, 3.05) is 5.32 Å². The molecule has 0 bridgehead atoms. The summed E-state index contributed by atoms with van der Waals surface area (Å²) in [6.45, 7) is 1.98. The minimum absolute atomic E-state index is 0.249. The van der Waals surface area contributed by atoms with Gasteiger partial charge in [0, 0.05) is 28.9 Å². The molecule has 0 saturated heterocycles. The fourth-order valence-electron chi connectivity index (χ4n) is 2.43. The van der Waals surface area contributed by atoms with Crippen molar-refractivity contribution in [1.82, 2.24) is 4.98 Å². The van der Waals surface area contributed by atoms with Gasteiger partial charge in [-0.05, 0) is 48.4 Å². The summed E-state index contributed by atoms with van der Waals surface area (Å²) in [6, 6.07) is 17.7. The van der Waals surface area contributed by atoms with Crippen molar-refractivity contribution in [3.8, 4) is 0 Å². The average molecular weight is 311 g/mol. The highest BCUT2D eigenvalue weighted by molar-refractivity contribution is 6.63. The van der Waals surface area contributed by atoms with E-state index >= 15 is 0 Å². The lowest BCUT2D eigenvalue weighted by molar-refractivity contribution is -0.111. The zero-order valence-electron chi connectivity index (χ0n) is 12.1. The minimum atomic E-state index is -0.350. The normalized spacial score (nSPS) is 10.6. The largest absolute Gasteiger partial charge is 0.355 e. The van der Waals surface area contributed by atoms with Gasteiger partial charge in [-0.25, -0.2) is 0 Å². The van der Waals surface area contributed by atoms with E-state index in [1.807, 2.05) is 61.5 Å². The predicted molar refractivity (Wildman–Crippen MR) is 90.8 cm³/mol. The van der Waals surface area contributed by atoms with Gasteiger partial charge in [-0.1, -0.05) is 30.3 Å². The number of carbonyl (C=O) groups excluding carboxylic acids is 1. The highest BCUT2D eigenvalue weighted by Crippen LogP contribution is 2.26. The molecule has 1 aromatic heterocycles. The van der Waals surface area contributed by atoms with E-state index in [-0.39, 0.29) is 11.7 Å². The number of hydrogen-bond acceptors (Lipinski definition) is 3. The Bertz CT molecular complexity index is 828. The van der Waals surface area contributed by atoms with Crippen molar-refractivity contribution in [3.63, 3.8) is 0 Å². The molecule has 0 fully saturated rings. The monoisotopic (exact) mass is 310 g/mol. The first-order chi connectivity index (χ1) is 10.6. The van der Waals surface area contributed by atoms with Gasteiger partial charge in [0.1, 0.15) is 0 Å². The molecular formula is C18H15ClN2O. The van der Waals surface area contributed by atoms with Gasteiger partial charge in [0.15, 0.2) is 0 Å². The number of nitrogens with one attached hydrogen (secondary N) is 1. The second-order valence-corrected chi connectivity index (χ2v) is 5.60. The number of anilines is 2. The van der Waals surface area contributed by atoms with Crippen LogP contribution in [-0.4, -0.2) is 10.2 Å². The maximum Gasteiger partial charge on any atom is 0.226 e. The van der Waals surface area contributed by atoms with Crippen LogP contribution in [0.2, 0.25) is 0 Å². The van der Waals surface area contributed by atoms with E-state index in [2.05, 4.69) is 10.3 Å². The fourth-order valence-corrected chi connectivity index (χ4v) is 2.59. The van der Waals surface area contributed by atoms with E-state index in [0.29, 0.717) is 0 Å². The van der Waals surface area contributed by atoms with Crippen LogP contribution in [0.5, 0.6) is 0 Å². The summed E-state index contributed by atoms with van der Waals surface area (Å²) in [4.78, 5) is 15.4. The number of halogens is 1. The van der Waals surface area contributed by atoms with Crippen LogP contribution in [0, 0.1) is 6.92 Å². The molecule has 0 saturated carbocycles. The second kappa shape index (κ2) is 6.16. The van der Waals surface area contributed by atoms with Crippen LogP contribution >= 0.6 is 11.6 Å². The molecule has 0 radical (unpaired) electrons. The Morgan fingerprint density at radius 3 is 2.59 bits per heavy atom. The van der Waals surface area contributed by atoms with Gasteiger partial charge in [0.25, 0.3) is 0 Å². The maximum absolute atomic E-state index is 10.9. The molecule has 4 heteroatoms. The third kappa shape index (κ3) is 3.26. The number of hydrogen-bond donors (Lipinski definition) is 1. The van der Waals surface area contributed by atoms with Gasteiger partial charge < -0.3 is 5.32 Å². The first-order valence-corrected chi connectivity index (χ1v) is 7.40. The van der Waals surface area contributed by atoms with Crippen molar-refractivity contribution in [2.24, 2.45) is 0 Å². The van der Waals surface area contributed by atoms with Gasteiger partial charge in [0.05, 0.1) is 5.52 Å². The van der Waals surface area contributed by atoms with E-state index in [1.54, 1.807) is 0 Å². The van der Waals surface area contributed by atoms with Gasteiger partial charge in [-0.3, -0.25) is 9.78 Å². The number of nitrogens with zero attached hydrogens (tertiary/aromatic N) is 1. The molecular weight excluding hydrogens is 296 g/mol. The number of aryl methyl sites for hydroxylation is 1. The lowest BCUT2D eigenvalue weighted by Gasteiger charge is -2.11. The van der Waals surface area contributed by atoms with Gasteiger partial charge in [-0.15, -0.1) is 0 Å². The number of aromatic nitrogens is 1. The number of rotatable bonds is 4. The third-order valence-electron chi connectivity index (χ3n) is 3.42. The van der Waals surface area contributed by atoms with E-state index in [9.17, 15) is 4.79 Å². The minimum Gasteiger partial charge on any atom is -0.355 e. The topological polar surface area (TPSA) is 42.0 Å². The van der Waals surface area contributed by atoms with Crippen molar-refractivity contribution in [1.29, 1.82) is 0 Å². The second-order valence-electron chi connectivity index (χ2n) is 5.18. The first kappa shape index (κ1) is 14.5. The molecule has 0 amide bonds. The van der Waals surface area contributed by atoms with Crippen LogP contribution in [0.1, 0.15) is 11.3 Å². The average Bonchev–Trinajstić information content (AvgIpc) is 2.48. The molecule has 3 aromatic rings. The molecule has 0 aliphatic carbocycles. The SMILES string of the molecule is Cc1cc(Nc2ccc(CC(=O)Cl)cc2)c2ccccc2n1. The van der Waals surface area contributed by atoms with E-state index < -0.39 is 0 Å². The Kier molecular flexibility index (Phi) is 4.07. The summed E-state index contributed by atoms with van der Waals surface area (Å²) in [5.74, 6) is 0. The highest BCUT2D eigenvalue weighted by atomic mass is 35.5. The zero-order chi connectivity index (χ0) is 15.5. The molecule has 110 valence electrons. The molecule has 1 N–H and O–H groups in total. The maximum atomic E-state index is 10.9. The molecule has 0 aliphatic rings. The van der Waals surface area contributed by atoms with Crippen LogP contribution < -0.4 is 5.32 Å². The van der Waals surface area contributed by atoms with Crippen molar-refractivity contribution in [2.45, 2.75) is 13.3 Å². The quantitative estimate of drug-likeness (QED) is 0.716. The molecule has 0 spiro atoms. The fraction of sp³-hybridized carbons (Fsp3) is 0.111. The third-order valence-corrected chi connectivity index (χ3v) is 3.55. The Labute approximate surface area is 133 Å². The molecule has 0 aliphatic heterocycles. The van der Waals surface area contributed by atoms with Gasteiger partial charge >= 0.3 is 0 Å². The Balaban J connectivity index is 1.91. The Morgan fingerprint density at radius 2 is 1.86 bits per heavy atom. The number of fused-ring (bicyclic) bond motifs is 1. The molecule has 1 heterocycles. The number of carbonyl (C=O) groups is 1. The van der Waals surface area contributed by atoms with Crippen molar-refractivity contribution < 1.29 is 4.79 Å². The van der Waals surface area contributed by atoms with Crippen molar-refractivity contribution >= 4 is 39.1 Å². The number of pyridine rings is 1. The van der Waals surface area contributed by atoms with E-state index in [4.69, 9.17) is 11.6 Å². The van der Waals surface area contributed by atoms with Crippen LogP contribution in [0.15, 0.2) is 54.6 Å². The predicted octanol–water partition coefficient (Wildman–Crippen LogP) is 4.59. The summed E-state index contributed by atoms with van der Waals surface area (Å²) in [5.41, 5.74) is 4.81. The first-order valence-electron chi connectivity index (χ1n) is 7.02. The summed E-state index contributed by atoms with van der Waals surface area (Å²) in [5, 5.41) is 4.14. The summed E-state index contributed by atoms with van der Waals surface area (Å²) >= 11 is 5.40. The van der Waals surface area contributed by atoms with Gasteiger partial charge in [0.2, 0.25) is 5.24 Å². The molecule has 3 nitrogen and oxygen atoms in total. The van der Waals surface area contributed by atoms with Crippen LogP contribution in [-0.2, 0) is 11.2 Å². The van der Waals surface area contributed by atoms with E-state index in [0.717, 1.165) is 33.5 Å². The Hall–Kier alpha value is -2.39. The Morgan fingerprint density at radius 1 is 1.14 bits per heavy atom. The summed E-state index contributed by atoms with van der Waals surface area (Å²) < 4.78 is 0. The number of benzene rings is 2. The van der Waals surface area contributed by atoms with Crippen LogP contribution in [0.4, 0.5) is 11.4 Å². The highest BCUT2D eigenvalue weighted by Gasteiger charge is 2.05. The summed E-state index contributed by atoms with van der Waals surface area (Å²) in [6.07, 6.45) is 0.249. The molecule has 3 rings (SSSR count). The lowest BCUT2D eigenvalue weighted by atomic mass is 10.1. The zero-order valence-corrected chi connectivity index (χ0v) is 12.9. The standard InChI is InChI=1S/C18H15ClN2O/c1-12-10-17(15-4-2-3-5-16(15)20-12)21-14-8-6-13(7-9-14)11-18(19)22/h2-10H,11H2,1H3,(H,20,21). The molecule has 0 unspecified atom stereocenters. The van der Waals surface area contributed by atoms with Crippen molar-refractivity contribution in [3.05, 3.63) is 65.9 Å². The molecule has 2 aromatic carbocycles. The smallest absolute Gasteiger partial charge is 0.226 e. The van der Waals surface area contributed by atoms with E-state index in [1.165, 1.54) is 0 Å². The van der Waals surface area contributed by atoms with Gasteiger partial charge in [-0.2, -0.15) is 0 Å². The van der Waals surface area contributed by atoms with Crippen LogP contribution in [0.3, 0.4) is 0 Å².